The van der Waals surface area contributed by atoms with Crippen molar-refractivity contribution in [3.63, 3.8) is 0 Å². The third-order valence-electron chi connectivity index (χ3n) is 3.70. The van der Waals surface area contributed by atoms with Gasteiger partial charge in [0.2, 0.25) is 0 Å². The van der Waals surface area contributed by atoms with E-state index in [-0.39, 0.29) is 12.4 Å². The minimum absolute atomic E-state index is 0. The third kappa shape index (κ3) is 4.45. The molecular formula is C13H24BrClN4. The molecule has 1 aromatic heterocycles. The van der Waals surface area contributed by atoms with Crippen LogP contribution in [0.2, 0.25) is 0 Å². The number of hydrogen-bond acceptors (Lipinski definition) is 3. The SMILES string of the molecule is CCCN(Cc1c(Br)cnn1C)C1CCNCC1.Cl. The van der Waals surface area contributed by atoms with Gasteiger partial charge < -0.3 is 5.32 Å². The first-order valence-corrected chi connectivity index (χ1v) is 7.62. The van der Waals surface area contributed by atoms with Crippen molar-refractivity contribution in [3.8, 4) is 0 Å². The van der Waals surface area contributed by atoms with Crippen molar-refractivity contribution in [2.75, 3.05) is 19.6 Å². The Morgan fingerprint density at radius 2 is 2.16 bits per heavy atom. The van der Waals surface area contributed by atoms with E-state index in [1.807, 2.05) is 17.9 Å². The summed E-state index contributed by atoms with van der Waals surface area (Å²) in [6.45, 7) is 6.72. The number of piperidine rings is 1. The number of rotatable bonds is 5. The van der Waals surface area contributed by atoms with Gasteiger partial charge in [0.05, 0.1) is 16.4 Å². The van der Waals surface area contributed by atoms with Gasteiger partial charge in [0.25, 0.3) is 0 Å². The first kappa shape index (κ1) is 17.0. The summed E-state index contributed by atoms with van der Waals surface area (Å²) in [6.07, 6.45) is 5.62. The molecule has 1 fully saturated rings. The van der Waals surface area contributed by atoms with E-state index in [2.05, 4.69) is 38.2 Å². The first-order chi connectivity index (χ1) is 8.72. The Kier molecular flexibility index (Phi) is 7.36. The topological polar surface area (TPSA) is 33.1 Å². The van der Waals surface area contributed by atoms with Gasteiger partial charge in [-0.1, -0.05) is 6.92 Å². The standard InChI is InChI=1S/C13H23BrN4.ClH/c1-3-8-18(11-4-6-15-7-5-11)10-13-12(14)9-16-17(13)2;/h9,11,15H,3-8,10H2,1-2H3;1H. The molecule has 1 N–H and O–H groups in total. The lowest BCUT2D eigenvalue weighted by atomic mass is 10.0. The lowest BCUT2D eigenvalue weighted by molar-refractivity contribution is 0.150. The van der Waals surface area contributed by atoms with Crippen molar-refractivity contribution in [1.82, 2.24) is 20.0 Å². The molecule has 4 nitrogen and oxygen atoms in total. The van der Waals surface area contributed by atoms with Crippen molar-refractivity contribution < 1.29 is 0 Å². The molecule has 1 aliphatic heterocycles. The fourth-order valence-corrected chi connectivity index (χ4v) is 3.13. The Bertz CT molecular complexity index is 357. The molecule has 0 bridgehead atoms. The maximum Gasteiger partial charge on any atom is 0.0663 e. The summed E-state index contributed by atoms with van der Waals surface area (Å²) in [4.78, 5) is 2.61. The fourth-order valence-electron chi connectivity index (χ4n) is 2.66. The van der Waals surface area contributed by atoms with Gasteiger partial charge in [-0.15, -0.1) is 12.4 Å². The number of halogens is 2. The van der Waals surface area contributed by atoms with Gasteiger partial charge in [0.15, 0.2) is 0 Å². The molecule has 1 aliphatic rings. The Morgan fingerprint density at radius 3 is 2.68 bits per heavy atom. The maximum atomic E-state index is 4.31. The number of nitrogens with zero attached hydrogens (tertiary/aromatic N) is 3. The van der Waals surface area contributed by atoms with Crippen LogP contribution in [0, 0.1) is 0 Å². The molecule has 0 saturated carbocycles. The van der Waals surface area contributed by atoms with E-state index in [9.17, 15) is 0 Å². The second-order valence-electron chi connectivity index (χ2n) is 5.01. The number of aromatic nitrogens is 2. The average Bonchev–Trinajstić information content (AvgIpc) is 2.71. The van der Waals surface area contributed by atoms with Crippen molar-refractivity contribution >= 4 is 28.3 Å². The largest absolute Gasteiger partial charge is 0.317 e. The van der Waals surface area contributed by atoms with Gasteiger partial charge in [-0.25, -0.2) is 0 Å². The van der Waals surface area contributed by atoms with E-state index < -0.39 is 0 Å². The molecule has 1 saturated heterocycles. The van der Waals surface area contributed by atoms with Crippen LogP contribution in [0.3, 0.4) is 0 Å². The zero-order chi connectivity index (χ0) is 13.0. The summed E-state index contributed by atoms with van der Waals surface area (Å²) in [7, 11) is 2.02. The maximum absolute atomic E-state index is 4.31. The van der Waals surface area contributed by atoms with Crippen LogP contribution in [0.5, 0.6) is 0 Å². The van der Waals surface area contributed by atoms with Gasteiger partial charge in [-0.05, 0) is 54.8 Å². The molecule has 0 amide bonds. The molecule has 19 heavy (non-hydrogen) atoms. The molecule has 6 heteroatoms. The quantitative estimate of drug-likeness (QED) is 0.885. The monoisotopic (exact) mass is 350 g/mol. The van der Waals surface area contributed by atoms with E-state index in [1.54, 1.807) is 0 Å². The summed E-state index contributed by atoms with van der Waals surface area (Å²) >= 11 is 3.60. The Labute approximate surface area is 130 Å². The van der Waals surface area contributed by atoms with Gasteiger partial charge in [0.1, 0.15) is 0 Å². The molecule has 0 unspecified atom stereocenters. The smallest absolute Gasteiger partial charge is 0.0663 e. The molecule has 2 rings (SSSR count). The van der Waals surface area contributed by atoms with E-state index in [0.717, 1.165) is 24.1 Å². The molecule has 0 atom stereocenters. The van der Waals surface area contributed by atoms with Crippen LogP contribution in [-0.2, 0) is 13.6 Å². The van der Waals surface area contributed by atoms with Crippen LogP contribution in [0.25, 0.3) is 0 Å². The van der Waals surface area contributed by atoms with E-state index in [4.69, 9.17) is 0 Å². The molecule has 0 aliphatic carbocycles. The van der Waals surface area contributed by atoms with Crippen molar-refractivity contribution in [2.24, 2.45) is 7.05 Å². The normalized spacial score (nSPS) is 16.6. The van der Waals surface area contributed by atoms with Crippen LogP contribution in [0.15, 0.2) is 10.7 Å². The number of nitrogens with one attached hydrogen (secondary N) is 1. The molecular weight excluding hydrogens is 328 g/mol. The van der Waals surface area contributed by atoms with Crippen molar-refractivity contribution in [2.45, 2.75) is 38.8 Å². The number of hydrogen-bond donors (Lipinski definition) is 1. The van der Waals surface area contributed by atoms with Crippen LogP contribution >= 0.6 is 28.3 Å². The third-order valence-corrected chi connectivity index (χ3v) is 4.36. The van der Waals surface area contributed by atoms with Crippen molar-refractivity contribution in [1.29, 1.82) is 0 Å². The average molecular weight is 352 g/mol. The summed E-state index contributed by atoms with van der Waals surface area (Å²) in [5.74, 6) is 0. The van der Waals surface area contributed by atoms with Crippen LogP contribution in [0.1, 0.15) is 31.9 Å². The Morgan fingerprint density at radius 1 is 1.47 bits per heavy atom. The molecule has 0 radical (unpaired) electrons. The van der Waals surface area contributed by atoms with E-state index in [1.165, 1.54) is 31.5 Å². The Hall–Kier alpha value is -0.100. The summed E-state index contributed by atoms with van der Waals surface area (Å²) in [6, 6.07) is 0.716. The highest BCUT2D eigenvalue weighted by Gasteiger charge is 2.22. The van der Waals surface area contributed by atoms with Gasteiger partial charge in [-0.3, -0.25) is 9.58 Å². The molecule has 1 aromatic rings. The summed E-state index contributed by atoms with van der Waals surface area (Å²) in [5, 5.41) is 7.75. The number of aryl methyl sites for hydroxylation is 1. The Balaban J connectivity index is 0.00000180. The van der Waals surface area contributed by atoms with E-state index in [0.29, 0.717) is 6.04 Å². The lowest BCUT2D eigenvalue weighted by Crippen LogP contribution is -2.43. The molecule has 110 valence electrons. The second kappa shape index (κ2) is 8.25. The van der Waals surface area contributed by atoms with Crippen LogP contribution in [-0.4, -0.2) is 40.4 Å². The first-order valence-electron chi connectivity index (χ1n) is 6.83. The molecule has 2 heterocycles. The fraction of sp³-hybridized carbons (Fsp3) is 0.769. The van der Waals surface area contributed by atoms with Gasteiger partial charge in [0, 0.05) is 19.6 Å². The van der Waals surface area contributed by atoms with Crippen LogP contribution in [0.4, 0.5) is 0 Å². The highest BCUT2D eigenvalue weighted by Crippen LogP contribution is 2.21. The van der Waals surface area contributed by atoms with Gasteiger partial charge in [-0.2, -0.15) is 5.10 Å². The second-order valence-corrected chi connectivity index (χ2v) is 5.87. The minimum Gasteiger partial charge on any atom is -0.317 e. The molecule has 0 spiro atoms. The summed E-state index contributed by atoms with van der Waals surface area (Å²) in [5.41, 5.74) is 1.28. The molecule has 0 aromatic carbocycles. The predicted octanol–water partition coefficient (Wildman–Crippen LogP) is 2.57. The van der Waals surface area contributed by atoms with Crippen LogP contribution < -0.4 is 5.32 Å². The highest BCUT2D eigenvalue weighted by molar-refractivity contribution is 9.10. The van der Waals surface area contributed by atoms with Gasteiger partial charge >= 0.3 is 0 Å². The zero-order valence-corrected chi connectivity index (χ0v) is 14.1. The minimum atomic E-state index is 0. The van der Waals surface area contributed by atoms with Crippen molar-refractivity contribution in [3.05, 3.63) is 16.4 Å². The summed E-state index contributed by atoms with van der Waals surface area (Å²) < 4.78 is 3.11. The predicted molar refractivity (Wildman–Crippen MR) is 84.7 cm³/mol. The zero-order valence-electron chi connectivity index (χ0n) is 11.7. The van der Waals surface area contributed by atoms with E-state index >= 15 is 0 Å². The highest BCUT2D eigenvalue weighted by atomic mass is 79.9. The lowest BCUT2D eigenvalue weighted by Gasteiger charge is -2.34.